The minimum Gasteiger partial charge on any atom is -0.489 e. The minimum absolute atomic E-state index is 0.0739. The molecular weight excluding hydrogens is 444 g/mol. The predicted molar refractivity (Wildman–Crippen MR) is 134 cm³/mol. The highest BCUT2D eigenvalue weighted by Gasteiger charge is 2.25. The van der Waals surface area contributed by atoms with Crippen LogP contribution in [-0.2, 0) is 4.79 Å². The first kappa shape index (κ1) is 25.9. The molecule has 184 valence electrons. The average molecular weight is 477 g/mol. The molecule has 0 aliphatic carbocycles. The van der Waals surface area contributed by atoms with Crippen LogP contribution in [0.2, 0.25) is 0 Å². The molecule has 0 fully saturated rings. The van der Waals surface area contributed by atoms with E-state index >= 15 is 0 Å². The number of carboxylic acid groups (broad SMARTS) is 1. The maximum atomic E-state index is 13.2. The molecule has 0 aliphatic heterocycles. The Balaban J connectivity index is 1.91. The van der Waals surface area contributed by atoms with Gasteiger partial charge in [0.25, 0.3) is 5.91 Å². The highest BCUT2D eigenvalue weighted by atomic mass is 16.5. The summed E-state index contributed by atoms with van der Waals surface area (Å²) in [5.74, 6) is -1.06. The van der Waals surface area contributed by atoms with E-state index < -0.39 is 24.0 Å². The van der Waals surface area contributed by atoms with Crippen molar-refractivity contribution in [1.82, 2.24) is 10.3 Å². The van der Waals surface area contributed by atoms with Crippen molar-refractivity contribution in [3.05, 3.63) is 83.6 Å². The molecule has 35 heavy (non-hydrogen) atoms. The number of aliphatic hydroxyl groups is 1. The molecule has 2 aromatic carbocycles. The molecule has 0 unspecified atom stereocenters. The van der Waals surface area contributed by atoms with Crippen LogP contribution in [0.4, 0.5) is 0 Å². The number of nitrogens with one attached hydrogen (secondary N) is 1. The zero-order valence-corrected chi connectivity index (χ0v) is 20.5. The Morgan fingerprint density at radius 3 is 2.29 bits per heavy atom. The summed E-state index contributed by atoms with van der Waals surface area (Å²) in [5, 5.41) is 22.6. The first-order valence-electron chi connectivity index (χ1n) is 11.5. The normalized spacial score (nSPS) is 13.1. The molecule has 7 heteroatoms. The Morgan fingerprint density at radius 2 is 1.66 bits per heavy atom. The van der Waals surface area contributed by atoms with Crippen molar-refractivity contribution in [2.24, 2.45) is 5.41 Å². The van der Waals surface area contributed by atoms with Crippen LogP contribution in [0.1, 0.15) is 54.8 Å². The van der Waals surface area contributed by atoms with Crippen LogP contribution in [0.5, 0.6) is 5.75 Å². The van der Waals surface area contributed by atoms with Crippen molar-refractivity contribution in [2.45, 2.75) is 46.3 Å². The van der Waals surface area contributed by atoms with Crippen LogP contribution in [-0.4, -0.2) is 39.8 Å². The lowest BCUT2D eigenvalue weighted by molar-refractivity contribution is -0.137. The van der Waals surface area contributed by atoms with E-state index in [4.69, 9.17) is 4.74 Å². The number of aliphatic hydroxyl groups excluding tert-OH is 1. The number of hydrogen-bond acceptors (Lipinski definition) is 5. The van der Waals surface area contributed by atoms with Gasteiger partial charge in [0.2, 0.25) is 0 Å². The molecule has 2 atom stereocenters. The minimum atomic E-state index is -1.02. The van der Waals surface area contributed by atoms with Crippen LogP contribution in [0.3, 0.4) is 0 Å². The summed E-state index contributed by atoms with van der Waals surface area (Å²) in [6, 6.07) is 19.2. The molecule has 1 aromatic heterocycles. The summed E-state index contributed by atoms with van der Waals surface area (Å²) in [6.45, 7) is 7.72. The number of carbonyl (C=O) groups is 2. The Bertz CT molecular complexity index is 1170. The number of nitrogens with zero attached hydrogens (tertiary/aromatic N) is 1. The van der Waals surface area contributed by atoms with Crippen molar-refractivity contribution in [3.63, 3.8) is 0 Å². The van der Waals surface area contributed by atoms with Gasteiger partial charge in [0.1, 0.15) is 23.7 Å². The van der Waals surface area contributed by atoms with Gasteiger partial charge in [-0.15, -0.1) is 0 Å². The van der Waals surface area contributed by atoms with E-state index in [1.54, 1.807) is 6.07 Å². The number of ether oxygens (including phenoxy) is 1. The number of aliphatic carboxylic acids is 1. The van der Waals surface area contributed by atoms with E-state index in [1.807, 2.05) is 82.3 Å². The van der Waals surface area contributed by atoms with Crippen molar-refractivity contribution < 1.29 is 24.5 Å². The van der Waals surface area contributed by atoms with Gasteiger partial charge in [0.05, 0.1) is 18.6 Å². The van der Waals surface area contributed by atoms with Crippen LogP contribution in [0.25, 0.3) is 11.3 Å². The van der Waals surface area contributed by atoms with Gasteiger partial charge in [-0.1, -0.05) is 75.4 Å². The van der Waals surface area contributed by atoms with Gasteiger partial charge < -0.3 is 20.3 Å². The smallest absolute Gasteiger partial charge is 0.305 e. The number of pyridine rings is 1. The largest absolute Gasteiger partial charge is 0.489 e. The van der Waals surface area contributed by atoms with Gasteiger partial charge in [-0.2, -0.15) is 0 Å². The quantitative estimate of drug-likeness (QED) is 0.410. The van der Waals surface area contributed by atoms with E-state index in [2.05, 4.69) is 10.3 Å². The summed E-state index contributed by atoms with van der Waals surface area (Å²) in [6.07, 6.45) is -0.950. The van der Waals surface area contributed by atoms with E-state index in [9.17, 15) is 19.8 Å². The summed E-state index contributed by atoms with van der Waals surface area (Å²) in [7, 11) is 0. The first-order valence-corrected chi connectivity index (χ1v) is 11.5. The second-order valence-electron chi connectivity index (χ2n) is 9.58. The van der Waals surface area contributed by atoms with E-state index in [0.29, 0.717) is 11.4 Å². The Morgan fingerprint density at radius 1 is 1.00 bits per heavy atom. The second kappa shape index (κ2) is 11.1. The van der Waals surface area contributed by atoms with Crippen LogP contribution >= 0.6 is 0 Å². The van der Waals surface area contributed by atoms with Crippen molar-refractivity contribution in [1.29, 1.82) is 0 Å². The molecule has 1 heterocycles. The average Bonchev–Trinajstić information content (AvgIpc) is 2.82. The maximum Gasteiger partial charge on any atom is 0.305 e. The lowest BCUT2D eigenvalue weighted by atomic mass is 9.90. The van der Waals surface area contributed by atoms with Crippen molar-refractivity contribution in [2.75, 3.05) is 6.61 Å². The molecule has 3 rings (SSSR count). The molecule has 0 saturated heterocycles. The summed E-state index contributed by atoms with van der Waals surface area (Å²) in [5.41, 5.74) is 2.63. The van der Waals surface area contributed by atoms with Gasteiger partial charge in [0, 0.05) is 5.56 Å². The molecule has 0 bridgehead atoms. The predicted octanol–water partition coefficient (Wildman–Crippen LogP) is 4.79. The van der Waals surface area contributed by atoms with Crippen LogP contribution in [0.15, 0.2) is 66.7 Å². The number of aryl methyl sites for hydroxylation is 1. The van der Waals surface area contributed by atoms with Gasteiger partial charge >= 0.3 is 5.97 Å². The number of benzene rings is 2. The standard InChI is InChI=1S/C28H32N2O5/c1-18-10-8-9-13-20(18)22(16-25(32)33)30-27(34)21-14-15-23(35-17-24(31)28(2,3)4)26(29-21)19-11-6-5-7-12-19/h5-15,22,24,31H,16-17H2,1-4H3,(H,30,34)(H,32,33)/t22-,24+/m1/s1. The highest BCUT2D eigenvalue weighted by Crippen LogP contribution is 2.30. The zero-order chi connectivity index (χ0) is 25.6. The number of hydrogen-bond donors (Lipinski definition) is 3. The number of carbonyl (C=O) groups excluding carboxylic acids is 1. The number of rotatable bonds is 9. The molecule has 0 saturated carbocycles. The lowest BCUT2D eigenvalue weighted by Crippen LogP contribution is -2.32. The molecule has 7 nitrogen and oxygen atoms in total. The van der Waals surface area contributed by atoms with Gasteiger partial charge in [-0.25, -0.2) is 4.98 Å². The molecule has 0 radical (unpaired) electrons. The maximum absolute atomic E-state index is 13.2. The summed E-state index contributed by atoms with van der Waals surface area (Å²) >= 11 is 0. The molecule has 0 aliphatic rings. The SMILES string of the molecule is Cc1ccccc1[C@@H](CC(=O)O)NC(=O)c1ccc(OC[C@H](O)C(C)(C)C)c(-c2ccccc2)n1. The van der Waals surface area contributed by atoms with E-state index in [-0.39, 0.29) is 24.1 Å². The first-order chi connectivity index (χ1) is 16.6. The Kier molecular flexibility index (Phi) is 8.25. The molecule has 1 amide bonds. The fourth-order valence-corrected chi connectivity index (χ4v) is 3.53. The zero-order valence-electron chi connectivity index (χ0n) is 20.5. The van der Waals surface area contributed by atoms with Gasteiger partial charge in [-0.05, 0) is 35.6 Å². The highest BCUT2D eigenvalue weighted by molar-refractivity contribution is 5.93. The van der Waals surface area contributed by atoms with Crippen LogP contribution < -0.4 is 10.1 Å². The Hall–Kier alpha value is -3.71. The molecule has 0 spiro atoms. The number of amides is 1. The van der Waals surface area contributed by atoms with Gasteiger partial charge in [-0.3, -0.25) is 9.59 Å². The third kappa shape index (κ3) is 6.90. The second-order valence-corrected chi connectivity index (χ2v) is 9.58. The monoisotopic (exact) mass is 476 g/mol. The summed E-state index contributed by atoms with van der Waals surface area (Å²) in [4.78, 5) is 29.2. The third-order valence-corrected chi connectivity index (χ3v) is 5.78. The third-order valence-electron chi connectivity index (χ3n) is 5.78. The number of carboxylic acids is 1. The lowest BCUT2D eigenvalue weighted by Gasteiger charge is -2.26. The van der Waals surface area contributed by atoms with Crippen LogP contribution in [0, 0.1) is 12.3 Å². The molecule has 3 aromatic rings. The topological polar surface area (TPSA) is 109 Å². The fourth-order valence-electron chi connectivity index (χ4n) is 3.53. The summed E-state index contributed by atoms with van der Waals surface area (Å²) < 4.78 is 5.91. The fraction of sp³-hybridized carbons (Fsp3) is 0.321. The Labute approximate surface area is 205 Å². The molecule has 3 N–H and O–H groups in total. The van der Waals surface area contributed by atoms with E-state index in [0.717, 1.165) is 16.7 Å². The van der Waals surface area contributed by atoms with Gasteiger partial charge in [0.15, 0.2) is 0 Å². The van der Waals surface area contributed by atoms with E-state index in [1.165, 1.54) is 6.07 Å². The van der Waals surface area contributed by atoms with Crippen molar-refractivity contribution in [3.8, 4) is 17.0 Å². The number of aromatic nitrogens is 1. The van der Waals surface area contributed by atoms with Crippen molar-refractivity contribution >= 4 is 11.9 Å². The molecular formula is C28H32N2O5.